The largest absolute Gasteiger partial charge is 0.356 e. The van der Waals surface area contributed by atoms with Crippen molar-refractivity contribution < 1.29 is 0 Å². The Morgan fingerprint density at radius 3 is 2.62 bits per heavy atom. The van der Waals surface area contributed by atoms with Crippen molar-refractivity contribution >= 4 is 29.9 Å². The monoisotopic (exact) mass is 438 g/mol. The fourth-order valence-corrected chi connectivity index (χ4v) is 2.44. The quantitative estimate of drug-likeness (QED) is 0.425. The number of benzene rings is 1. The van der Waals surface area contributed by atoms with Crippen molar-refractivity contribution in [3.8, 4) is 0 Å². The lowest BCUT2D eigenvalue weighted by Crippen LogP contribution is -2.38. The van der Waals surface area contributed by atoms with Crippen molar-refractivity contribution in [3.05, 3.63) is 65.0 Å². The van der Waals surface area contributed by atoms with E-state index in [0.29, 0.717) is 12.5 Å². The molecule has 1 heterocycles. The van der Waals surface area contributed by atoms with Crippen molar-refractivity contribution in [1.82, 2.24) is 15.6 Å². The molecule has 0 amide bonds. The van der Waals surface area contributed by atoms with Gasteiger partial charge in [0.25, 0.3) is 0 Å². The second kappa shape index (κ2) is 10.3. The fourth-order valence-electron chi connectivity index (χ4n) is 2.44. The van der Waals surface area contributed by atoms with Crippen LogP contribution in [-0.4, -0.2) is 24.5 Å². The van der Waals surface area contributed by atoms with Gasteiger partial charge in [-0.15, -0.1) is 24.0 Å². The molecular weight excluding hydrogens is 411 g/mol. The second-order valence-electron chi connectivity index (χ2n) is 5.89. The van der Waals surface area contributed by atoms with Crippen LogP contribution in [0.2, 0.25) is 0 Å². The maximum atomic E-state index is 4.39. The molecule has 4 nitrogen and oxygen atoms in total. The zero-order chi connectivity index (χ0) is 16.7. The minimum atomic E-state index is 0. The van der Waals surface area contributed by atoms with Crippen molar-refractivity contribution in [2.75, 3.05) is 13.6 Å². The lowest BCUT2D eigenvalue weighted by molar-refractivity contribution is 0.696. The lowest BCUT2D eigenvalue weighted by Gasteiger charge is -2.17. The highest BCUT2D eigenvalue weighted by molar-refractivity contribution is 14.0. The Morgan fingerprint density at radius 2 is 1.96 bits per heavy atom. The van der Waals surface area contributed by atoms with Gasteiger partial charge in [0.05, 0.1) is 12.2 Å². The van der Waals surface area contributed by atoms with Crippen molar-refractivity contribution in [2.45, 2.75) is 33.2 Å². The third-order valence-electron chi connectivity index (χ3n) is 3.95. The van der Waals surface area contributed by atoms with Crippen LogP contribution in [0, 0.1) is 13.8 Å². The van der Waals surface area contributed by atoms with E-state index in [2.05, 4.69) is 71.7 Å². The first-order valence-electron chi connectivity index (χ1n) is 8.01. The van der Waals surface area contributed by atoms with E-state index in [4.69, 9.17) is 0 Å². The summed E-state index contributed by atoms with van der Waals surface area (Å²) in [6.07, 6.45) is 1.82. The van der Waals surface area contributed by atoms with Gasteiger partial charge in [0, 0.05) is 19.8 Å². The Labute approximate surface area is 162 Å². The molecule has 0 aliphatic heterocycles. The van der Waals surface area contributed by atoms with E-state index in [1.54, 1.807) is 7.05 Å². The van der Waals surface area contributed by atoms with Gasteiger partial charge in [0.2, 0.25) is 0 Å². The summed E-state index contributed by atoms with van der Waals surface area (Å²) < 4.78 is 0. The standard InChI is InChI=1S/C19H26N4.HI/c1-14-7-5-9-17(11-14)16(3)12-22-19(20-4)23-13-18-15(2)8-6-10-21-18;/h5-11,16H,12-13H2,1-4H3,(H2,20,22,23);1H. The van der Waals surface area contributed by atoms with E-state index in [1.165, 1.54) is 16.7 Å². The van der Waals surface area contributed by atoms with Gasteiger partial charge in [0.1, 0.15) is 0 Å². The third-order valence-corrected chi connectivity index (χ3v) is 3.95. The fraction of sp³-hybridized carbons (Fsp3) is 0.368. The molecule has 2 N–H and O–H groups in total. The maximum absolute atomic E-state index is 4.39. The second-order valence-corrected chi connectivity index (χ2v) is 5.89. The number of aryl methyl sites for hydroxylation is 2. The average molecular weight is 438 g/mol. The molecule has 2 aromatic rings. The normalized spacial score (nSPS) is 12.2. The molecule has 0 aliphatic carbocycles. The number of guanidine groups is 1. The van der Waals surface area contributed by atoms with Gasteiger partial charge in [-0.3, -0.25) is 9.98 Å². The van der Waals surface area contributed by atoms with Crippen LogP contribution in [0.15, 0.2) is 47.6 Å². The molecule has 1 aromatic carbocycles. The summed E-state index contributed by atoms with van der Waals surface area (Å²) in [6.45, 7) is 7.92. The number of pyridine rings is 1. The first-order valence-corrected chi connectivity index (χ1v) is 8.01. The van der Waals surface area contributed by atoms with Gasteiger partial charge in [0.15, 0.2) is 5.96 Å². The van der Waals surface area contributed by atoms with Crippen molar-refractivity contribution in [2.24, 2.45) is 4.99 Å². The number of aliphatic imine (C=N–C) groups is 1. The summed E-state index contributed by atoms with van der Waals surface area (Å²) in [5.41, 5.74) is 4.86. The van der Waals surface area contributed by atoms with E-state index in [-0.39, 0.29) is 24.0 Å². The number of nitrogens with one attached hydrogen (secondary N) is 2. The SMILES string of the molecule is CN=C(NCc1ncccc1C)NCC(C)c1cccc(C)c1.I. The Kier molecular flexibility index (Phi) is 8.74. The summed E-state index contributed by atoms with van der Waals surface area (Å²) in [7, 11) is 1.79. The van der Waals surface area contributed by atoms with Crippen LogP contribution in [0.3, 0.4) is 0 Å². The molecule has 0 bridgehead atoms. The molecule has 130 valence electrons. The van der Waals surface area contributed by atoms with Gasteiger partial charge in [-0.2, -0.15) is 0 Å². The first-order chi connectivity index (χ1) is 11.1. The molecule has 1 aromatic heterocycles. The molecule has 1 unspecified atom stereocenters. The Hall–Kier alpha value is -1.63. The number of halogens is 1. The Bertz CT molecular complexity index is 670. The number of hydrogen-bond acceptors (Lipinski definition) is 2. The zero-order valence-electron chi connectivity index (χ0n) is 14.8. The molecule has 0 fully saturated rings. The zero-order valence-corrected chi connectivity index (χ0v) is 17.2. The third kappa shape index (κ3) is 6.11. The lowest BCUT2D eigenvalue weighted by atomic mass is 9.99. The molecule has 5 heteroatoms. The average Bonchev–Trinajstić information content (AvgIpc) is 2.56. The number of rotatable bonds is 5. The highest BCUT2D eigenvalue weighted by atomic mass is 127. The summed E-state index contributed by atoms with van der Waals surface area (Å²) in [5.74, 6) is 1.22. The molecule has 1 atom stereocenters. The predicted molar refractivity (Wildman–Crippen MR) is 112 cm³/mol. The van der Waals surface area contributed by atoms with Gasteiger partial charge >= 0.3 is 0 Å². The number of aromatic nitrogens is 1. The highest BCUT2D eigenvalue weighted by Crippen LogP contribution is 2.15. The molecule has 2 rings (SSSR count). The smallest absolute Gasteiger partial charge is 0.191 e. The molecule has 0 radical (unpaired) electrons. The van der Waals surface area contributed by atoms with Crippen LogP contribution in [0.1, 0.15) is 35.2 Å². The summed E-state index contributed by atoms with van der Waals surface area (Å²) in [6, 6.07) is 12.7. The highest BCUT2D eigenvalue weighted by Gasteiger charge is 2.07. The minimum Gasteiger partial charge on any atom is -0.356 e. The van der Waals surface area contributed by atoms with E-state index in [0.717, 1.165) is 18.2 Å². The molecule has 0 saturated carbocycles. The Balaban J connectivity index is 0.00000288. The molecular formula is C19H27IN4. The van der Waals surface area contributed by atoms with E-state index >= 15 is 0 Å². The van der Waals surface area contributed by atoms with E-state index in [1.807, 2.05) is 12.3 Å². The van der Waals surface area contributed by atoms with Crippen LogP contribution < -0.4 is 10.6 Å². The molecule has 0 saturated heterocycles. The summed E-state index contributed by atoms with van der Waals surface area (Å²) in [5, 5.41) is 6.71. The van der Waals surface area contributed by atoms with Gasteiger partial charge in [-0.25, -0.2) is 0 Å². The molecule has 0 aliphatic rings. The van der Waals surface area contributed by atoms with Crippen molar-refractivity contribution in [3.63, 3.8) is 0 Å². The van der Waals surface area contributed by atoms with Crippen LogP contribution in [-0.2, 0) is 6.54 Å². The number of nitrogens with zero attached hydrogens (tertiary/aromatic N) is 2. The number of hydrogen-bond donors (Lipinski definition) is 2. The van der Waals surface area contributed by atoms with E-state index in [9.17, 15) is 0 Å². The van der Waals surface area contributed by atoms with Crippen LogP contribution in [0.4, 0.5) is 0 Å². The molecule has 0 spiro atoms. The predicted octanol–water partition coefficient (Wildman–Crippen LogP) is 3.79. The minimum absolute atomic E-state index is 0. The Morgan fingerprint density at radius 1 is 1.17 bits per heavy atom. The van der Waals surface area contributed by atoms with Crippen LogP contribution in [0.25, 0.3) is 0 Å². The van der Waals surface area contributed by atoms with Gasteiger partial charge < -0.3 is 10.6 Å². The summed E-state index contributed by atoms with van der Waals surface area (Å²) >= 11 is 0. The molecule has 24 heavy (non-hydrogen) atoms. The first kappa shape index (κ1) is 20.4. The summed E-state index contributed by atoms with van der Waals surface area (Å²) in [4.78, 5) is 8.67. The van der Waals surface area contributed by atoms with Gasteiger partial charge in [-0.05, 0) is 37.0 Å². The van der Waals surface area contributed by atoms with Crippen LogP contribution >= 0.6 is 24.0 Å². The van der Waals surface area contributed by atoms with Crippen LogP contribution in [0.5, 0.6) is 0 Å². The van der Waals surface area contributed by atoms with E-state index < -0.39 is 0 Å². The van der Waals surface area contributed by atoms with Gasteiger partial charge in [-0.1, -0.05) is 42.8 Å². The van der Waals surface area contributed by atoms with Crippen molar-refractivity contribution in [1.29, 1.82) is 0 Å². The maximum Gasteiger partial charge on any atom is 0.191 e. The topological polar surface area (TPSA) is 49.3 Å².